The molecule has 0 saturated carbocycles. The molecule has 25 heavy (non-hydrogen) atoms. The first-order valence-electron chi connectivity index (χ1n) is 9.19. The van der Waals surface area contributed by atoms with E-state index < -0.39 is 8.56 Å². The van der Waals surface area contributed by atoms with Crippen LogP contribution in [0.25, 0.3) is 0 Å². The predicted molar refractivity (Wildman–Crippen MR) is 111 cm³/mol. The van der Waals surface area contributed by atoms with Gasteiger partial charge < -0.3 is 9.59 Å². The summed E-state index contributed by atoms with van der Waals surface area (Å²) >= 11 is 1.63. The molecule has 132 valence electrons. The summed E-state index contributed by atoms with van der Waals surface area (Å²) in [4.78, 5) is 24.2. The van der Waals surface area contributed by atoms with E-state index in [4.69, 9.17) is 0 Å². The molecule has 0 aliphatic heterocycles. The summed E-state index contributed by atoms with van der Waals surface area (Å²) in [6.45, 7) is 9.00. The van der Waals surface area contributed by atoms with Crippen molar-refractivity contribution < 1.29 is 9.59 Å². The zero-order chi connectivity index (χ0) is 19.0. The van der Waals surface area contributed by atoms with Gasteiger partial charge in [-0.2, -0.15) is 0 Å². The zero-order valence-corrected chi connectivity index (χ0v) is 19.4. The van der Waals surface area contributed by atoms with E-state index in [1.807, 2.05) is 0 Å². The van der Waals surface area contributed by atoms with Gasteiger partial charge in [0.2, 0.25) is 0 Å². The Bertz CT molecular complexity index is 470. The molecular weight excluding hydrogens is 354 g/mol. The van der Waals surface area contributed by atoms with Gasteiger partial charge in [0, 0.05) is 0 Å². The maximum Gasteiger partial charge on any atom is -0.0623 e. The van der Waals surface area contributed by atoms with Crippen LogP contribution < -0.4 is 20.0 Å². The standard InChI is InChI=1S/C12H10O2Si.4C2H5.2Al/c13-15(14,11-7-3-1-4-8-11)12-9-5-2-6-10-12;4*1-2;;/h1-10H;4*1H2,2H3;;/q-2;;;;;2*+1. The van der Waals surface area contributed by atoms with Crippen LogP contribution in [0.15, 0.2) is 60.7 Å². The number of hydrogen-bond donors (Lipinski definition) is 0. The third-order valence-electron chi connectivity index (χ3n) is 3.46. The van der Waals surface area contributed by atoms with E-state index >= 15 is 0 Å². The molecule has 5 heteroatoms. The van der Waals surface area contributed by atoms with Gasteiger partial charge in [-0.3, -0.25) is 0 Å². The van der Waals surface area contributed by atoms with Crippen molar-refractivity contribution >= 4 is 49.4 Å². The molecule has 0 N–H and O–H groups in total. The van der Waals surface area contributed by atoms with Crippen LogP contribution in [0.4, 0.5) is 0 Å². The fourth-order valence-corrected chi connectivity index (χ4v) is 4.81. The Hall–Kier alpha value is -0.358. The number of benzene rings is 2. The minimum Gasteiger partial charge on any atom is -0.863 e. The van der Waals surface area contributed by atoms with Crippen molar-refractivity contribution in [3.8, 4) is 0 Å². The molecule has 0 aliphatic rings. The van der Waals surface area contributed by atoms with Crippen molar-refractivity contribution in [1.29, 1.82) is 0 Å². The summed E-state index contributed by atoms with van der Waals surface area (Å²) in [6, 6.07) is 17.0. The van der Waals surface area contributed by atoms with Crippen LogP contribution in [0.2, 0.25) is 21.1 Å². The summed E-state index contributed by atoms with van der Waals surface area (Å²) in [7, 11) is -3.96. The van der Waals surface area contributed by atoms with E-state index in [0.717, 1.165) is 30.4 Å². The maximum atomic E-state index is 12.1. The molecule has 0 radical (unpaired) electrons. The third-order valence-corrected chi connectivity index (χ3v) is 7.96. The van der Waals surface area contributed by atoms with Gasteiger partial charge in [0.25, 0.3) is 0 Å². The Labute approximate surface area is 168 Å². The van der Waals surface area contributed by atoms with E-state index in [-0.39, 0.29) is 0 Å². The van der Waals surface area contributed by atoms with E-state index in [0.29, 0.717) is 10.4 Å². The van der Waals surface area contributed by atoms with Crippen molar-refractivity contribution in [2.75, 3.05) is 0 Å². The van der Waals surface area contributed by atoms with Crippen LogP contribution in [-0.2, 0) is 0 Å². The van der Waals surface area contributed by atoms with E-state index in [2.05, 4.69) is 27.7 Å². The minimum absolute atomic E-state index is 0.385. The average molecular weight is 385 g/mol. The van der Waals surface area contributed by atoms with Crippen LogP contribution in [-0.4, -0.2) is 39.0 Å². The Morgan fingerprint density at radius 2 is 0.880 bits per heavy atom. The monoisotopic (exact) mass is 384 g/mol. The fourth-order valence-electron chi connectivity index (χ4n) is 2.06. The first-order chi connectivity index (χ1) is 12.0. The van der Waals surface area contributed by atoms with Gasteiger partial charge in [0.05, 0.1) is 0 Å². The van der Waals surface area contributed by atoms with Gasteiger partial charge in [-0.15, -0.1) is 0 Å². The molecule has 2 nitrogen and oxygen atoms in total. The molecule has 0 fully saturated rings. The SMILES string of the molecule is C[CH2][Al+][CH2]C.C[CH2][Al+][CH2]C.[O-][Si]([O-])(c1ccccc1)c1ccccc1. The minimum atomic E-state index is -3.96. The van der Waals surface area contributed by atoms with Crippen molar-refractivity contribution in [3.05, 3.63) is 60.7 Å². The molecule has 0 aliphatic carbocycles. The van der Waals surface area contributed by atoms with Crippen LogP contribution in [0, 0.1) is 0 Å². The molecule has 0 bridgehead atoms. The van der Waals surface area contributed by atoms with Gasteiger partial charge in [-0.25, -0.2) is 0 Å². The molecule has 0 saturated heterocycles. The molecule has 2 rings (SSSR count). The van der Waals surface area contributed by atoms with Crippen LogP contribution in [0.1, 0.15) is 27.7 Å². The van der Waals surface area contributed by atoms with E-state index in [1.165, 1.54) is 21.1 Å². The molecule has 2 aromatic carbocycles. The summed E-state index contributed by atoms with van der Waals surface area (Å²) in [5, 5.41) is 6.48. The second-order valence-electron chi connectivity index (χ2n) is 5.56. The molecule has 0 amide bonds. The molecule has 0 aromatic heterocycles. The van der Waals surface area contributed by atoms with Gasteiger partial charge >= 0.3 is 79.3 Å². The Balaban J connectivity index is 0.000000480. The van der Waals surface area contributed by atoms with Crippen LogP contribution in [0.3, 0.4) is 0 Å². The average Bonchev–Trinajstić information content (AvgIpc) is 2.65. The number of rotatable bonds is 6. The first-order valence-corrected chi connectivity index (χ1v) is 14.3. The second kappa shape index (κ2) is 15.9. The van der Waals surface area contributed by atoms with Crippen molar-refractivity contribution in [1.82, 2.24) is 0 Å². The van der Waals surface area contributed by atoms with Crippen LogP contribution >= 0.6 is 0 Å². The maximum absolute atomic E-state index is 12.1. The second-order valence-corrected chi connectivity index (χ2v) is 12.4. The third kappa shape index (κ3) is 11.1. The van der Waals surface area contributed by atoms with Crippen LogP contribution in [0.5, 0.6) is 0 Å². The van der Waals surface area contributed by atoms with Crippen molar-refractivity contribution in [3.63, 3.8) is 0 Å². The quantitative estimate of drug-likeness (QED) is 0.716. The smallest absolute Gasteiger partial charge is 0.0623 e. The number of hydrogen-bond acceptors (Lipinski definition) is 2. The van der Waals surface area contributed by atoms with E-state index in [9.17, 15) is 9.59 Å². The molecule has 0 spiro atoms. The summed E-state index contributed by atoms with van der Waals surface area (Å²) in [5.74, 6) is 0. The van der Waals surface area contributed by atoms with Crippen molar-refractivity contribution in [2.24, 2.45) is 0 Å². The summed E-state index contributed by atoms with van der Waals surface area (Å²) in [6.07, 6.45) is 0. The summed E-state index contributed by atoms with van der Waals surface area (Å²) in [5.41, 5.74) is 0. The van der Waals surface area contributed by atoms with Gasteiger partial charge in [-0.05, 0) is 0 Å². The molecular formula is C20H30Al2O2Si. The first kappa shape index (κ1) is 24.6. The topological polar surface area (TPSA) is 46.1 Å². The van der Waals surface area contributed by atoms with Gasteiger partial charge in [0.15, 0.2) is 0 Å². The Kier molecular flexibility index (Phi) is 15.6. The normalized spacial score (nSPS) is 9.52. The molecule has 0 unspecified atom stereocenters. The molecule has 2 aromatic rings. The Morgan fingerprint density at radius 1 is 0.600 bits per heavy atom. The van der Waals surface area contributed by atoms with Gasteiger partial charge in [-0.1, -0.05) is 79.6 Å². The van der Waals surface area contributed by atoms with Crippen molar-refractivity contribution in [2.45, 2.75) is 48.8 Å². The van der Waals surface area contributed by atoms with E-state index in [1.54, 1.807) is 60.7 Å². The zero-order valence-electron chi connectivity index (χ0n) is 16.1. The predicted octanol–water partition coefficient (Wildman–Crippen LogP) is 2.10. The molecule has 0 heterocycles. The van der Waals surface area contributed by atoms with Gasteiger partial charge in [0.1, 0.15) is 0 Å². The molecule has 0 atom stereocenters. The summed E-state index contributed by atoms with van der Waals surface area (Å²) < 4.78 is 0. The largest absolute Gasteiger partial charge is 0.863 e. The fraction of sp³-hybridized carbons (Fsp3) is 0.400. The Morgan fingerprint density at radius 3 is 1.08 bits per heavy atom.